The Morgan fingerprint density at radius 3 is 2.52 bits per heavy atom. The van der Waals surface area contributed by atoms with Gasteiger partial charge in [0.1, 0.15) is 5.78 Å². The van der Waals surface area contributed by atoms with Gasteiger partial charge in [-0.15, -0.1) is 0 Å². The summed E-state index contributed by atoms with van der Waals surface area (Å²) in [6, 6.07) is 0. The second-order valence-corrected chi connectivity index (χ2v) is 11.1. The average molecular weight is 411 g/mol. The number of hydrogen-bond acceptors (Lipinski definition) is 2. The van der Waals surface area contributed by atoms with Gasteiger partial charge in [-0.05, 0) is 99.2 Å². The number of fused-ring (bicyclic) bond motifs is 5. The van der Waals surface area contributed by atoms with E-state index in [0.717, 1.165) is 42.4 Å². The maximum absolute atomic E-state index is 12.7. The molecule has 4 aliphatic carbocycles. The lowest BCUT2D eigenvalue weighted by Crippen LogP contribution is -2.51. The van der Waals surface area contributed by atoms with Gasteiger partial charge in [0, 0.05) is 5.92 Å². The summed E-state index contributed by atoms with van der Waals surface area (Å²) in [6.45, 7) is 6.82. The second kappa shape index (κ2) is 6.33. The second-order valence-electron chi connectivity index (χ2n) is 10.5. The minimum Gasteiger partial charge on any atom is -0.390 e. The number of aliphatic hydroxyl groups is 1. The highest BCUT2D eigenvalue weighted by atomic mass is 79.9. The maximum atomic E-state index is 12.7. The molecule has 0 amide bonds. The van der Waals surface area contributed by atoms with Crippen molar-refractivity contribution in [2.75, 3.05) is 5.33 Å². The molecule has 1 N–H and O–H groups in total. The first-order valence-corrected chi connectivity index (χ1v) is 11.7. The third-order valence-electron chi connectivity index (χ3n) is 9.06. The van der Waals surface area contributed by atoms with Crippen LogP contribution in [0.2, 0.25) is 0 Å². The minimum absolute atomic E-state index is 0.235. The molecule has 0 saturated heterocycles. The van der Waals surface area contributed by atoms with Gasteiger partial charge in [-0.2, -0.15) is 0 Å². The first-order chi connectivity index (χ1) is 11.8. The Morgan fingerprint density at radius 2 is 1.80 bits per heavy atom. The van der Waals surface area contributed by atoms with Gasteiger partial charge in [0.05, 0.1) is 10.9 Å². The Labute approximate surface area is 161 Å². The lowest BCUT2D eigenvalue weighted by molar-refractivity contribution is -0.130. The summed E-state index contributed by atoms with van der Waals surface area (Å²) in [5.41, 5.74) is -0.190. The fraction of sp³-hybridized carbons (Fsp3) is 0.955. The molecule has 142 valence electrons. The average Bonchev–Trinajstić information content (AvgIpc) is 2.83. The van der Waals surface area contributed by atoms with Gasteiger partial charge in [-0.25, -0.2) is 0 Å². The van der Waals surface area contributed by atoms with Gasteiger partial charge in [-0.1, -0.05) is 29.8 Å². The summed E-state index contributed by atoms with van der Waals surface area (Å²) in [5.74, 6) is 5.27. The molecule has 0 aromatic carbocycles. The quantitative estimate of drug-likeness (QED) is 0.633. The number of ketones is 1. The van der Waals surface area contributed by atoms with Crippen molar-refractivity contribution in [3.63, 3.8) is 0 Å². The molecular formula is C22H35BrO2. The lowest BCUT2D eigenvalue weighted by atomic mass is 9.49. The molecule has 0 heterocycles. The van der Waals surface area contributed by atoms with Crippen molar-refractivity contribution in [2.24, 2.45) is 46.8 Å². The van der Waals surface area contributed by atoms with E-state index in [4.69, 9.17) is 0 Å². The molecule has 0 aromatic heterocycles. The number of carbonyl (C=O) groups is 1. The Balaban J connectivity index is 1.57. The first-order valence-electron chi connectivity index (χ1n) is 10.6. The SMILES string of the molecule is CC1CC2C3CCC4CC(C)(O)CCC4C3CCC2(C)C1C(=O)CBr. The molecule has 9 atom stereocenters. The van der Waals surface area contributed by atoms with Gasteiger partial charge in [0.15, 0.2) is 0 Å². The van der Waals surface area contributed by atoms with Crippen molar-refractivity contribution >= 4 is 21.7 Å². The Morgan fingerprint density at radius 1 is 1.08 bits per heavy atom. The molecule has 3 heteroatoms. The highest BCUT2D eigenvalue weighted by molar-refractivity contribution is 9.09. The predicted molar refractivity (Wildman–Crippen MR) is 105 cm³/mol. The zero-order chi connectivity index (χ0) is 18.0. The third-order valence-corrected chi connectivity index (χ3v) is 9.61. The molecule has 0 aromatic rings. The van der Waals surface area contributed by atoms with Crippen molar-refractivity contribution < 1.29 is 9.90 Å². The first kappa shape index (κ1) is 18.5. The smallest absolute Gasteiger partial charge is 0.147 e. The van der Waals surface area contributed by atoms with E-state index in [9.17, 15) is 9.90 Å². The van der Waals surface area contributed by atoms with Gasteiger partial charge >= 0.3 is 0 Å². The third kappa shape index (κ3) is 2.87. The summed E-state index contributed by atoms with van der Waals surface area (Å²) in [4.78, 5) is 12.7. The predicted octanol–water partition coefficient (Wildman–Crippen LogP) is 5.22. The molecule has 2 nitrogen and oxygen atoms in total. The van der Waals surface area contributed by atoms with Gasteiger partial charge in [0.25, 0.3) is 0 Å². The standard InChI is InChI=1S/C22H35BrO2/c1-13-10-18-17-5-4-14-11-21(2,25)8-6-15(14)16(17)7-9-22(18,3)20(13)19(24)12-23/h13-18,20,25H,4-12H2,1-3H3. The van der Waals surface area contributed by atoms with Crippen LogP contribution in [-0.2, 0) is 4.79 Å². The number of hydrogen-bond donors (Lipinski definition) is 1. The number of halogens is 1. The number of Topliss-reactive ketones (excluding diaryl/α,β-unsaturated/α-hetero) is 1. The van der Waals surface area contributed by atoms with E-state index in [0.29, 0.717) is 17.0 Å². The Kier molecular flexibility index (Phi) is 4.68. The molecule has 4 aliphatic rings. The molecule has 4 fully saturated rings. The van der Waals surface area contributed by atoms with Crippen molar-refractivity contribution in [1.29, 1.82) is 0 Å². The monoisotopic (exact) mass is 410 g/mol. The fourth-order valence-electron chi connectivity index (χ4n) is 8.21. The minimum atomic E-state index is -0.424. The molecule has 0 aliphatic heterocycles. The van der Waals surface area contributed by atoms with Crippen LogP contribution in [0.25, 0.3) is 0 Å². The molecule has 0 radical (unpaired) electrons. The van der Waals surface area contributed by atoms with E-state index in [1.807, 2.05) is 6.92 Å². The number of carbonyl (C=O) groups excluding carboxylic acids is 1. The van der Waals surface area contributed by atoms with Gasteiger partial charge in [-0.3, -0.25) is 4.79 Å². The molecule has 9 unspecified atom stereocenters. The maximum Gasteiger partial charge on any atom is 0.147 e. The van der Waals surface area contributed by atoms with Crippen LogP contribution in [0, 0.1) is 46.8 Å². The van der Waals surface area contributed by atoms with E-state index >= 15 is 0 Å². The van der Waals surface area contributed by atoms with Crippen molar-refractivity contribution in [1.82, 2.24) is 0 Å². The van der Waals surface area contributed by atoms with Crippen molar-refractivity contribution in [2.45, 2.75) is 77.7 Å². The highest BCUT2D eigenvalue weighted by Gasteiger charge is 2.60. The van der Waals surface area contributed by atoms with Crippen LogP contribution < -0.4 is 0 Å². The summed E-state index contributed by atoms with van der Waals surface area (Å²) in [7, 11) is 0. The summed E-state index contributed by atoms with van der Waals surface area (Å²) < 4.78 is 0. The Bertz CT molecular complexity index is 544. The topological polar surface area (TPSA) is 37.3 Å². The molecule has 0 spiro atoms. The summed E-state index contributed by atoms with van der Waals surface area (Å²) >= 11 is 3.44. The molecule has 0 bridgehead atoms. The number of alkyl halides is 1. The van der Waals surface area contributed by atoms with Crippen LogP contribution in [0.15, 0.2) is 0 Å². The lowest BCUT2D eigenvalue weighted by Gasteiger charge is -2.56. The fourth-order valence-corrected chi connectivity index (χ4v) is 8.56. The normalized spacial score (nSPS) is 55.2. The summed E-state index contributed by atoms with van der Waals surface area (Å²) in [6.07, 6.45) is 9.69. The van der Waals surface area contributed by atoms with E-state index in [1.54, 1.807) is 0 Å². The number of rotatable bonds is 2. The van der Waals surface area contributed by atoms with Crippen LogP contribution in [0.3, 0.4) is 0 Å². The van der Waals surface area contributed by atoms with Crippen molar-refractivity contribution in [3.05, 3.63) is 0 Å². The zero-order valence-corrected chi connectivity index (χ0v) is 17.7. The van der Waals surface area contributed by atoms with E-state index in [1.165, 1.54) is 38.5 Å². The van der Waals surface area contributed by atoms with E-state index < -0.39 is 5.60 Å². The zero-order valence-electron chi connectivity index (χ0n) is 16.1. The van der Waals surface area contributed by atoms with Crippen LogP contribution in [0.4, 0.5) is 0 Å². The largest absolute Gasteiger partial charge is 0.390 e. The highest BCUT2D eigenvalue weighted by Crippen LogP contribution is 2.65. The van der Waals surface area contributed by atoms with Crippen LogP contribution in [0.1, 0.15) is 72.1 Å². The summed E-state index contributed by atoms with van der Waals surface area (Å²) in [5, 5.41) is 11.0. The van der Waals surface area contributed by atoms with Gasteiger partial charge in [0.2, 0.25) is 0 Å². The van der Waals surface area contributed by atoms with Gasteiger partial charge < -0.3 is 5.11 Å². The van der Waals surface area contributed by atoms with Crippen molar-refractivity contribution in [3.8, 4) is 0 Å². The Hall–Kier alpha value is 0.110. The molecule has 4 saturated carbocycles. The molecular weight excluding hydrogens is 376 g/mol. The van der Waals surface area contributed by atoms with Crippen LogP contribution in [0.5, 0.6) is 0 Å². The van der Waals surface area contributed by atoms with E-state index in [2.05, 4.69) is 29.8 Å². The van der Waals surface area contributed by atoms with Crippen LogP contribution in [-0.4, -0.2) is 21.8 Å². The molecule has 4 rings (SSSR count). The molecule has 25 heavy (non-hydrogen) atoms. The van der Waals surface area contributed by atoms with Crippen LogP contribution >= 0.6 is 15.9 Å². The van der Waals surface area contributed by atoms with E-state index in [-0.39, 0.29) is 11.3 Å².